The number of nitrogens with two attached hydrogens (primary N) is 1. The molecule has 1 atom stereocenters. The summed E-state index contributed by atoms with van der Waals surface area (Å²) in [6.45, 7) is 2.03. The SMILES string of the molecule is COc1ccc(C(NN)c2cnn3ccncc23)c(C)c1. The first-order valence-corrected chi connectivity index (χ1v) is 6.62. The van der Waals surface area contributed by atoms with Crippen LogP contribution in [0, 0.1) is 6.92 Å². The number of hydrazine groups is 1. The number of aryl methyl sites for hydroxylation is 1. The van der Waals surface area contributed by atoms with Crippen molar-refractivity contribution in [1.82, 2.24) is 20.0 Å². The van der Waals surface area contributed by atoms with Crippen LogP contribution in [-0.4, -0.2) is 21.7 Å². The van der Waals surface area contributed by atoms with Crippen LogP contribution in [0.25, 0.3) is 5.52 Å². The number of benzene rings is 1. The molecular formula is C15H17N5O. The minimum atomic E-state index is -0.155. The number of methoxy groups -OCH3 is 1. The Kier molecular flexibility index (Phi) is 3.55. The molecule has 6 heteroatoms. The Labute approximate surface area is 122 Å². The van der Waals surface area contributed by atoms with E-state index in [0.29, 0.717) is 0 Å². The van der Waals surface area contributed by atoms with Crippen molar-refractivity contribution in [3.8, 4) is 5.75 Å². The highest BCUT2D eigenvalue weighted by Crippen LogP contribution is 2.29. The van der Waals surface area contributed by atoms with E-state index in [1.807, 2.05) is 37.5 Å². The van der Waals surface area contributed by atoms with Crippen LogP contribution in [0.4, 0.5) is 0 Å². The molecule has 108 valence electrons. The molecule has 0 saturated carbocycles. The molecule has 6 nitrogen and oxygen atoms in total. The molecule has 3 N–H and O–H groups in total. The number of fused-ring (bicyclic) bond motifs is 1. The van der Waals surface area contributed by atoms with Crippen molar-refractivity contribution in [2.45, 2.75) is 13.0 Å². The van der Waals surface area contributed by atoms with E-state index in [0.717, 1.165) is 28.0 Å². The predicted octanol–water partition coefficient (Wildman–Crippen LogP) is 1.60. The van der Waals surface area contributed by atoms with Gasteiger partial charge >= 0.3 is 0 Å². The zero-order valence-electron chi connectivity index (χ0n) is 11.9. The van der Waals surface area contributed by atoms with Gasteiger partial charge in [-0.2, -0.15) is 5.10 Å². The van der Waals surface area contributed by atoms with E-state index in [1.165, 1.54) is 0 Å². The van der Waals surface area contributed by atoms with Crippen LogP contribution in [-0.2, 0) is 0 Å². The first-order chi connectivity index (χ1) is 10.2. The van der Waals surface area contributed by atoms with Crippen LogP contribution in [0.3, 0.4) is 0 Å². The zero-order chi connectivity index (χ0) is 14.8. The molecule has 0 saturated heterocycles. The smallest absolute Gasteiger partial charge is 0.119 e. The Bertz CT molecular complexity index is 768. The summed E-state index contributed by atoms with van der Waals surface area (Å²) in [5, 5.41) is 4.33. The van der Waals surface area contributed by atoms with Gasteiger partial charge in [0.1, 0.15) is 5.75 Å². The Morgan fingerprint density at radius 3 is 2.86 bits per heavy atom. The first-order valence-electron chi connectivity index (χ1n) is 6.62. The van der Waals surface area contributed by atoms with Gasteiger partial charge in [0.15, 0.2) is 0 Å². The Morgan fingerprint density at radius 2 is 2.14 bits per heavy atom. The number of ether oxygens (including phenoxy) is 1. The number of nitrogens with zero attached hydrogens (tertiary/aromatic N) is 3. The lowest BCUT2D eigenvalue weighted by Gasteiger charge is -2.18. The van der Waals surface area contributed by atoms with E-state index in [9.17, 15) is 0 Å². The van der Waals surface area contributed by atoms with Crippen molar-refractivity contribution in [1.29, 1.82) is 0 Å². The van der Waals surface area contributed by atoms with Crippen LogP contribution in [0.2, 0.25) is 0 Å². The van der Waals surface area contributed by atoms with E-state index >= 15 is 0 Å². The van der Waals surface area contributed by atoms with Crippen LogP contribution in [0.5, 0.6) is 5.75 Å². The van der Waals surface area contributed by atoms with Crippen LogP contribution < -0.4 is 16.0 Å². The number of rotatable bonds is 4. The molecule has 0 bridgehead atoms. The summed E-state index contributed by atoms with van der Waals surface area (Å²) >= 11 is 0. The molecule has 21 heavy (non-hydrogen) atoms. The van der Waals surface area contributed by atoms with Crippen LogP contribution >= 0.6 is 0 Å². The fraction of sp³-hybridized carbons (Fsp3) is 0.200. The minimum Gasteiger partial charge on any atom is -0.497 e. The Hall–Kier alpha value is -2.44. The topological polar surface area (TPSA) is 77.5 Å². The molecule has 0 aliphatic carbocycles. The second-order valence-electron chi connectivity index (χ2n) is 4.83. The lowest BCUT2D eigenvalue weighted by atomic mass is 9.96. The van der Waals surface area contributed by atoms with Gasteiger partial charge in [-0.05, 0) is 30.2 Å². The third kappa shape index (κ3) is 2.35. The summed E-state index contributed by atoms with van der Waals surface area (Å²) in [5.74, 6) is 6.62. The van der Waals surface area contributed by atoms with E-state index in [4.69, 9.17) is 10.6 Å². The average Bonchev–Trinajstić information content (AvgIpc) is 2.94. The second kappa shape index (κ2) is 5.51. The molecule has 0 fully saturated rings. The Morgan fingerprint density at radius 1 is 1.29 bits per heavy atom. The maximum Gasteiger partial charge on any atom is 0.119 e. The fourth-order valence-corrected chi connectivity index (χ4v) is 2.52. The first kappa shape index (κ1) is 13.5. The molecule has 2 aromatic heterocycles. The molecule has 0 radical (unpaired) electrons. The van der Waals surface area contributed by atoms with Crippen LogP contribution in [0.1, 0.15) is 22.7 Å². The third-order valence-corrected chi connectivity index (χ3v) is 3.62. The molecule has 1 aromatic carbocycles. The lowest BCUT2D eigenvalue weighted by Crippen LogP contribution is -2.29. The van der Waals surface area contributed by atoms with Gasteiger partial charge in [0.25, 0.3) is 0 Å². The molecule has 3 aromatic rings. The third-order valence-electron chi connectivity index (χ3n) is 3.62. The van der Waals surface area contributed by atoms with Gasteiger partial charge < -0.3 is 4.74 Å². The molecule has 3 rings (SSSR count). The summed E-state index contributed by atoms with van der Waals surface area (Å²) in [7, 11) is 1.66. The summed E-state index contributed by atoms with van der Waals surface area (Å²) in [4.78, 5) is 4.16. The van der Waals surface area contributed by atoms with Gasteiger partial charge in [0.05, 0.1) is 31.1 Å². The highest BCUT2D eigenvalue weighted by Gasteiger charge is 2.19. The van der Waals surface area contributed by atoms with Crippen molar-refractivity contribution in [2.24, 2.45) is 5.84 Å². The largest absolute Gasteiger partial charge is 0.497 e. The quantitative estimate of drug-likeness (QED) is 0.562. The van der Waals surface area contributed by atoms with Gasteiger partial charge in [-0.1, -0.05) is 6.07 Å². The average molecular weight is 283 g/mol. The summed E-state index contributed by atoms with van der Waals surface area (Å²) in [5.41, 5.74) is 6.96. The van der Waals surface area contributed by atoms with Gasteiger partial charge in [-0.3, -0.25) is 10.8 Å². The number of aromatic nitrogens is 3. The van der Waals surface area contributed by atoms with Gasteiger partial charge in [0.2, 0.25) is 0 Å². The molecule has 1 unspecified atom stereocenters. The Balaban J connectivity index is 2.10. The van der Waals surface area contributed by atoms with Crippen molar-refractivity contribution in [3.05, 3.63) is 59.7 Å². The van der Waals surface area contributed by atoms with Gasteiger partial charge in [-0.25, -0.2) is 9.94 Å². The van der Waals surface area contributed by atoms with Gasteiger partial charge in [0, 0.05) is 18.0 Å². The highest BCUT2D eigenvalue weighted by atomic mass is 16.5. The van der Waals surface area contributed by atoms with Crippen molar-refractivity contribution >= 4 is 5.52 Å². The molecule has 0 amide bonds. The van der Waals surface area contributed by atoms with Crippen molar-refractivity contribution in [2.75, 3.05) is 7.11 Å². The maximum absolute atomic E-state index is 5.79. The van der Waals surface area contributed by atoms with E-state index in [-0.39, 0.29) is 6.04 Å². The molecule has 2 heterocycles. The molecule has 0 spiro atoms. The van der Waals surface area contributed by atoms with Crippen molar-refractivity contribution in [3.63, 3.8) is 0 Å². The molecule has 0 aliphatic rings. The van der Waals surface area contributed by atoms with Crippen molar-refractivity contribution < 1.29 is 4.74 Å². The minimum absolute atomic E-state index is 0.155. The number of nitrogens with one attached hydrogen (secondary N) is 1. The highest BCUT2D eigenvalue weighted by molar-refractivity contribution is 5.56. The van der Waals surface area contributed by atoms with E-state index in [2.05, 4.69) is 15.5 Å². The van der Waals surface area contributed by atoms with E-state index < -0.39 is 0 Å². The zero-order valence-corrected chi connectivity index (χ0v) is 11.9. The standard InChI is InChI=1S/C15H17N5O/c1-10-7-11(21-2)3-4-12(10)15(19-16)13-8-18-20-6-5-17-9-14(13)20/h3-9,15,19H,16H2,1-2H3. The lowest BCUT2D eigenvalue weighted by molar-refractivity contribution is 0.414. The summed E-state index contributed by atoms with van der Waals surface area (Å²) in [6, 6.07) is 5.77. The second-order valence-corrected chi connectivity index (χ2v) is 4.83. The maximum atomic E-state index is 5.79. The van der Waals surface area contributed by atoms with E-state index in [1.54, 1.807) is 24.0 Å². The monoisotopic (exact) mass is 283 g/mol. The molecular weight excluding hydrogens is 266 g/mol. The molecule has 0 aliphatic heterocycles. The fourth-order valence-electron chi connectivity index (χ4n) is 2.52. The number of hydrogen-bond acceptors (Lipinski definition) is 5. The number of hydrogen-bond donors (Lipinski definition) is 2. The summed E-state index contributed by atoms with van der Waals surface area (Å²) < 4.78 is 7.03. The summed E-state index contributed by atoms with van der Waals surface area (Å²) in [6.07, 6.45) is 7.11. The normalized spacial score (nSPS) is 12.5. The predicted molar refractivity (Wildman–Crippen MR) is 79.9 cm³/mol. The van der Waals surface area contributed by atoms with Crippen LogP contribution in [0.15, 0.2) is 43.0 Å². The van der Waals surface area contributed by atoms with Gasteiger partial charge in [-0.15, -0.1) is 0 Å².